The lowest BCUT2D eigenvalue weighted by Gasteiger charge is -2.13. The molecule has 2 rings (SSSR count). The number of aryl methyl sites for hydroxylation is 1. The van der Waals surface area contributed by atoms with Crippen LogP contribution in [-0.4, -0.2) is 37.1 Å². The SMILES string of the molecule is CCn1c(C)cc(C(=O)OC(C)C(=O)c2ccc(NS(C)(=O)=O)cc2)c1C. The van der Waals surface area contributed by atoms with Gasteiger partial charge in [0.25, 0.3) is 0 Å². The molecule has 0 aliphatic heterocycles. The molecule has 0 saturated heterocycles. The monoisotopic (exact) mass is 392 g/mol. The summed E-state index contributed by atoms with van der Waals surface area (Å²) in [6.45, 7) is 8.00. The van der Waals surface area contributed by atoms with Gasteiger partial charge in [-0.25, -0.2) is 13.2 Å². The van der Waals surface area contributed by atoms with E-state index < -0.39 is 22.1 Å². The second-order valence-electron chi connectivity index (χ2n) is 6.39. The molecular formula is C19H24N2O5S. The van der Waals surface area contributed by atoms with Gasteiger partial charge in [0.05, 0.1) is 11.8 Å². The number of nitrogens with one attached hydrogen (secondary N) is 1. The number of benzene rings is 1. The van der Waals surface area contributed by atoms with E-state index >= 15 is 0 Å². The molecule has 146 valence electrons. The number of hydrogen-bond donors (Lipinski definition) is 1. The van der Waals surface area contributed by atoms with Crippen LogP contribution in [0.1, 0.15) is 46.0 Å². The van der Waals surface area contributed by atoms with Crippen molar-refractivity contribution in [3.05, 3.63) is 52.8 Å². The lowest BCUT2D eigenvalue weighted by Crippen LogP contribution is -2.24. The predicted octanol–water partition coefficient (Wildman–Crippen LogP) is 2.92. The third-order valence-electron chi connectivity index (χ3n) is 4.24. The van der Waals surface area contributed by atoms with Crippen LogP contribution in [0.25, 0.3) is 0 Å². The number of sulfonamides is 1. The van der Waals surface area contributed by atoms with Gasteiger partial charge in [-0.2, -0.15) is 0 Å². The van der Waals surface area contributed by atoms with Gasteiger partial charge in [0.15, 0.2) is 6.10 Å². The number of hydrogen-bond acceptors (Lipinski definition) is 5. The van der Waals surface area contributed by atoms with Crippen LogP contribution in [0.5, 0.6) is 0 Å². The van der Waals surface area contributed by atoms with Crippen molar-refractivity contribution >= 4 is 27.5 Å². The third kappa shape index (κ3) is 4.97. The number of carbonyl (C=O) groups is 2. The second-order valence-corrected chi connectivity index (χ2v) is 8.14. The topological polar surface area (TPSA) is 94.5 Å². The molecule has 1 heterocycles. The lowest BCUT2D eigenvalue weighted by atomic mass is 10.1. The molecule has 1 aromatic carbocycles. The zero-order valence-corrected chi connectivity index (χ0v) is 16.9. The Bertz CT molecular complexity index is 959. The van der Waals surface area contributed by atoms with Crippen molar-refractivity contribution in [2.75, 3.05) is 11.0 Å². The Morgan fingerprint density at radius 2 is 1.78 bits per heavy atom. The van der Waals surface area contributed by atoms with Gasteiger partial charge in [0.1, 0.15) is 0 Å². The standard InChI is InChI=1S/C19H24N2O5S/c1-6-21-12(2)11-17(13(21)3)19(23)26-14(4)18(22)15-7-9-16(10-8-15)20-27(5,24)25/h7-11,14,20H,6H2,1-5H3. The van der Waals surface area contributed by atoms with Gasteiger partial charge < -0.3 is 9.30 Å². The summed E-state index contributed by atoms with van der Waals surface area (Å²) >= 11 is 0. The van der Waals surface area contributed by atoms with Crippen LogP contribution in [0.4, 0.5) is 5.69 Å². The zero-order valence-electron chi connectivity index (χ0n) is 16.1. The molecule has 8 heteroatoms. The summed E-state index contributed by atoms with van der Waals surface area (Å²) in [6.07, 6.45) is 0.0826. The normalized spacial score (nSPS) is 12.5. The summed E-state index contributed by atoms with van der Waals surface area (Å²) in [7, 11) is -3.39. The fourth-order valence-corrected chi connectivity index (χ4v) is 3.49. The molecule has 0 aliphatic carbocycles. The van der Waals surface area contributed by atoms with E-state index in [9.17, 15) is 18.0 Å². The van der Waals surface area contributed by atoms with Crippen molar-refractivity contribution in [1.29, 1.82) is 0 Å². The number of ketones is 1. The first-order valence-electron chi connectivity index (χ1n) is 8.53. The number of anilines is 1. The Labute approximate surface area is 159 Å². The van der Waals surface area contributed by atoms with Crippen LogP contribution in [-0.2, 0) is 21.3 Å². The van der Waals surface area contributed by atoms with Gasteiger partial charge in [-0.05, 0) is 58.0 Å². The maximum atomic E-state index is 12.5. The molecule has 0 aliphatic rings. The predicted molar refractivity (Wildman–Crippen MR) is 104 cm³/mol. The van der Waals surface area contributed by atoms with E-state index in [0.717, 1.165) is 24.2 Å². The summed E-state index contributed by atoms with van der Waals surface area (Å²) in [5.41, 5.74) is 2.88. The molecule has 1 aromatic heterocycles. The number of Topliss-reactive ketones (excluding diaryl/α,β-unsaturated/α-hetero) is 1. The number of esters is 1. The van der Waals surface area contributed by atoms with Gasteiger partial charge in [0.2, 0.25) is 15.8 Å². The highest BCUT2D eigenvalue weighted by atomic mass is 32.2. The van der Waals surface area contributed by atoms with Crippen molar-refractivity contribution in [3.8, 4) is 0 Å². The fourth-order valence-electron chi connectivity index (χ4n) is 2.92. The first kappa shape index (κ1) is 20.7. The highest BCUT2D eigenvalue weighted by Crippen LogP contribution is 2.18. The highest BCUT2D eigenvalue weighted by Gasteiger charge is 2.23. The quantitative estimate of drug-likeness (QED) is 0.577. The summed E-state index contributed by atoms with van der Waals surface area (Å²) in [6, 6.07) is 7.70. The average Bonchev–Trinajstić information content (AvgIpc) is 2.87. The first-order chi connectivity index (χ1) is 12.5. The van der Waals surface area contributed by atoms with E-state index in [1.54, 1.807) is 6.07 Å². The van der Waals surface area contributed by atoms with Crippen LogP contribution in [0, 0.1) is 13.8 Å². The van der Waals surface area contributed by atoms with Crippen molar-refractivity contribution in [3.63, 3.8) is 0 Å². The molecule has 0 radical (unpaired) electrons. The van der Waals surface area contributed by atoms with Crippen LogP contribution >= 0.6 is 0 Å². The van der Waals surface area contributed by atoms with Crippen molar-refractivity contribution in [1.82, 2.24) is 4.57 Å². The van der Waals surface area contributed by atoms with E-state index in [2.05, 4.69) is 4.72 Å². The molecule has 0 spiro atoms. The van der Waals surface area contributed by atoms with Crippen LogP contribution in [0.3, 0.4) is 0 Å². The zero-order chi connectivity index (χ0) is 20.4. The molecule has 1 unspecified atom stereocenters. The van der Waals surface area contributed by atoms with Crippen molar-refractivity contribution in [2.24, 2.45) is 0 Å². The first-order valence-corrected chi connectivity index (χ1v) is 10.4. The molecule has 0 bridgehead atoms. The van der Waals surface area contributed by atoms with E-state index in [0.29, 0.717) is 16.8 Å². The van der Waals surface area contributed by atoms with E-state index in [1.807, 2.05) is 25.3 Å². The summed E-state index contributed by atoms with van der Waals surface area (Å²) in [5, 5.41) is 0. The van der Waals surface area contributed by atoms with Gasteiger partial charge in [-0.15, -0.1) is 0 Å². The van der Waals surface area contributed by atoms with Gasteiger partial charge in [-0.1, -0.05) is 0 Å². The number of rotatable bonds is 7. The van der Waals surface area contributed by atoms with Crippen molar-refractivity contribution in [2.45, 2.75) is 40.3 Å². The molecule has 0 amide bonds. The molecule has 7 nitrogen and oxygen atoms in total. The fraction of sp³-hybridized carbons (Fsp3) is 0.368. The maximum Gasteiger partial charge on any atom is 0.340 e. The van der Waals surface area contributed by atoms with Crippen molar-refractivity contribution < 1.29 is 22.7 Å². The Morgan fingerprint density at radius 3 is 2.26 bits per heavy atom. The lowest BCUT2D eigenvalue weighted by molar-refractivity contribution is 0.0318. The Morgan fingerprint density at radius 1 is 1.19 bits per heavy atom. The number of ether oxygens (including phenoxy) is 1. The molecule has 0 fully saturated rings. The summed E-state index contributed by atoms with van der Waals surface area (Å²) in [5.74, 6) is -0.905. The van der Waals surface area contributed by atoms with Crippen LogP contribution in [0.15, 0.2) is 30.3 Å². The van der Waals surface area contributed by atoms with Crippen LogP contribution in [0.2, 0.25) is 0 Å². The third-order valence-corrected chi connectivity index (χ3v) is 4.84. The largest absolute Gasteiger partial charge is 0.451 e. The van der Waals surface area contributed by atoms with E-state index in [1.165, 1.54) is 31.2 Å². The minimum atomic E-state index is -3.39. The Balaban J connectivity index is 2.10. The van der Waals surface area contributed by atoms with E-state index in [4.69, 9.17) is 4.74 Å². The van der Waals surface area contributed by atoms with Crippen LogP contribution < -0.4 is 4.72 Å². The molecule has 2 aromatic rings. The molecule has 1 N–H and O–H groups in total. The second kappa shape index (κ2) is 7.96. The smallest absolute Gasteiger partial charge is 0.340 e. The van der Waals surface area contributed by atoms with Gasteiger partial charge >= 0.3 is 5.97 Å². The summed E-state index contributed by atoms with van der Waals surface area (Å²) in [4.78, 5) is 24.9. The minimum absolute atomic E-state index is 0.327. The average molecular weight is 392 g/mol. The number of nitrogens with zero attached hydrogens (tertiary/aromatic N) is 1. The Kier molecular flexibility index (Phi) is 6.10. The molecular weight excluding hydrogens is 368 g/mol. The highest BCUT2D eigenvalue weighted by molar-refractivity contribution is 7.92. The number of carbonyl (C=O) groups excluding carboxylic acids is 2. The maximum absolute atomic E-state index is 12.5. The van der Waals surface area contributed by atoms with Gasteiger partial charge in [0, 0.05) is 29.2 Å². The minimum Gasteiger partial charge on any atom is -0.451 e. The molecule has 0 saturated carbocycles. The van der Waals surface area contributed by atoms with Gasteiger partial charge in [-0.3, -0.25) is 9.52 Å². The molecule has 27 heavy (non-hydrogen) atoms. The van der Waals surface area contributed by atoms with E-state index in [-0.39, 0.29) is 5.78 Å². The molecule has 1 atom stereocenters. The summed E-state index contributed by atoms with van der Waals surface area (Å²) < 4.78 is 32.1. The Hall–Kier alpha value is -2.61. The number of aromatic nitrogens is 1.